The number of anilines is 1. The summed E-state index contributed by atoms with van der Waals surface area (Å²) in [4.78, 5) is 4.81. The lowest BCUT2D eigenvalue weighted by atomic mass is 9.84. The average molecular weight is 337 g/mol. The Morgan fingerprint density at radius 1 is 1.13 bits per heavy atom. The van der Waals surface area contributed by atoms with Gasteiger partial charge in [0.05, 0.1) is 6.26 Å². The number of fused-ring (bicyclic) bond motifs is 1. The van der Waals surface area contributed by atoms with Gasteiger partial charge in [0.25, 0.3) is 0 Å². The Bertz CT molecular complexity index is 679. The molecule has 1 aliphatic carbocycles. The van der Waals surface area contributed by atoms with Crippen LogP contribution < -0.4 is 9.62 Å². The van der Waals surface area contributed by atoms with E-state index in [0.29, 0.717) is 0 Å². The van der Waals surface area contributed by atoms with Crippen LogP contribution in [0.25, 0.3) is 0 Å². The topological polar surface area (TPSA) is 52.6 Å². The molecule has 6 heteroatoms. The smallest absolute Gasteiger partial charge is 0.208 e. The Hall–Kier alpha value is -1.11. The van der Waals surface area contributed by atoms with Crippen LogP contribution >= 0.6 is 0 Å². The molecule has 23 heavy (non-hydrogen) atoms. The lowest BCUT2D eigenvalue weighted by Gasteiger charge is -2.37. The standard InChI is InChI=1S/C17H27N3O2S/c1-13-4-7-17(20-10-8-19(2)9-11-20)16-12-14(5-6-15(13)16)18-23(3,21)22/h4,7,14,18H,5-6,8-12H2,1-3H3/t14-/m1/s1. The van der Waals surface area contributed by atoms with Crippen molar-refractivity contribution >= 4 is 15.7 Å². The molecule has 0 amide bonds. The Morgan fingerprint density at radius 3 is 2.48 bits per heavy atom. The van der Waals surface area contributed by atoms with E-state index in [2.05, 4.69) is 40.6 Å². The third kappa shape index (κ3) is 3.87. The molecule has 1 aromatic rings. The molecule has 1 atom stereocenters. The third-order valence-corrected chi connectivity index (χ3v) is 5.82. The molecule has 1 N–H and O–H groups in total. The molecule has 2 aliphatic rings. The van der Waals surface area contributed by atoms with E-state index in [0.717, 1.165) is 45.4 Å². The predicted octanol–water partition coefficient (Wildman–Crippen LogP) is 1.15. The van der Waals surface area contributed by atoms with Crippen molar-refractivity contribution in [3.05, 3.63) is 28.8 Å². The van der Waals surface area contributed by atoms with E-state index < -0.39 is 10.0 Å². The van der Waals surface area contributed by atoms with Crippen molar-refractivity contribution in [1.29, 1.82) is 0 Å². The molecule has 5 nitrogen and oxygen atoms in total. The van der Waals surface area contributed by atoms with Crippen LogP contribution in [0.1, 0.15) is 23.1 Å². The van der Waals surface area contributed by atoms with Crippen molar-refractivity contribution in [2.24, 2.45) is 0 Å². The van der Waals surface area contributed by atoms with Crippen molar-refractivity contribution in [3.8, 4) is 0 Å². The van der Waals surface area contributed by atoms with E-state index in [-0.39, 0.29) is 6.04 Å². The number of nitrogens with one attached hydrogen (secondary N) is 1. The lowest BCUT2D eigenvalue weighted by Crippen LogP contribution is -2.45. The molecule has 1 fully saturated rings. The van der Waals surface area contributed by atoms with Gasteiger partial charge in [0.15, 0.2) is 0 Å². The molecule has 0 unspecified atom stereocenters. The maximum atomic E-state index is 11.6. The van der Waals surface area contributed by atoms with Crippen molar-refractivity contribution < 1.29 is 8.42 Å². The SMILES string of the molecule is Cc1ccc(N2CCN(C)CC2)c2c1CC[C@@H](NS(C)(=O)=O)C2. The monoisotopic (exact) mass is 337 g/mol. The minimum atomic E-state index is -3.15. The zero-order valence-electron chi connectivity index (χ0n) is 14.3. The van der Waals surface area contributed by atoms with Gasteiger partial charge in [0.1, 0.15) is 0 Å². The first-order valence-corrected chi connectivity index (χ1v) is 10.2. The van der Waals surface area contributed by atoms with Gasteiger partial charge in [-0.05, 0) is 56.0 Å². The minimum Gasteiger partial charge on any atom is -0.369 e. The summed E-state index contributed by atoms with van der Waals surface area (Å²) in [5.74, 6) is 0. The second-order valence-corrected chi connectivity index (χ2v) is 8.76. The highest BCUT2D eigenvalue weighted by Gasteiger charge is 2.27. The minimum absolute atomic E-state index is 0.0190. The number of likely N-dealkylation sites (N-methyl/N-ethyl adjacent to an activating group) is 1. The zero-order valence-corrected chi connectivity index (χ0v) is 15.1. The molecular weight excluding hydrogens is 310 g/mol. The van der Waals surface area contributed by atoms with Crippen LogP contribution in [0.2, 0.25) is 0 Å². The summed E-state index contributed by atoms with van der Waals surface area (Å²) in [7, 11) is -0.991. The molecule has 1 aliphatic heterocycles. The van der Waals surface area contributed by atoms with E-state index >= 15 is 0 Å². The molecule has 0 saturated carbocycles. The Balaban J connectivity index is 1.88. The van der Waals surface area contributed by atoms with Crippen LogP contribution in [0, 0.1) is 6.92 Å². The van der Waals surface area contributed by atoms with Gasteiger partial charge in [-0.25, -0.2) is 13.1 Å². The van der Waals surface area contributed by atoms with Crippen molar-refractivity contribution in [2.45, 2.75) is 32.2 Å². The number of hydrogen-bond acceptors (Lipinski definition) is 4. The van der Waals surface area contributed by atoms with Gasteiger partial charge in [0, 0.05) is 37.9 Å². The van der Waals surface area contributed by atoms with Gasteiger partial charge >= 0.3 is 0 Å². The first kappa shape index (κ1) is 16.7. The summed E-state index contributed by atoms with van der Waals surface area (Å²) in [5, 5.41) is 0. The van der Waals surface area contributed by atoms with Crippen LogP contribution in [0.4, 0.5) is 5.69 Å². The average Bonchev–Trinajstić information content (AvgIpc) is 2.47. The second kappa shape index (κ2) is 6.42. The quantitative estimate of drug-likeness (QED) is 0.899. The molecule has 0 spiro atoms. The van der Waals surface area contributed by atoms with Crippen molar-refractivity contribution in [3.63, 3.8) is 0 Å². The number of piperazine rings is 1. The fraction of sp³-hybridized carbons (Fsp3) is 0.647. The summed E-state index contributed by atoms with van der Waals surface area (Å²) in [6.45, 7) is 6.39. The maximum Gasteiger partial charge on any atom is 0.208 e. The number of sulfonamides is 1. The molecule has 1 saturated heterocycles. The maximum absolute atomic E-state index is 11.6. The summed E-state index contributed by atoms with van der Waals surface area (Å²) in [6.07, 6.45) is 3.88. The fourth-order valence-corrected chi connectivity index (χ4v) is 4.59. The first-order valence-electron chi connectivity index (χ1n) is 8.35. The van der Waals surface area contributed by atoms with Gasteiger partial charge in [-0.3, -0.25) is 0 Å². The van der Waals surface area contributed by atoms with Gasteiger partial charge in [-0.2, -0.15) is 0 Å². The van der Waals surface area contributed by atoms with Gasteiger partial charge in [-0.1, -0.05) is 6.07 Å². The van der Waals surface area contributed by atoms with Gasteiger partial charge in [0.2, 0.25) is 10.0 Å². The largest absolute Gasteiger partial charge is 0.369 e. The second-order valence-electron chi connectivity index (χ2n) is 6.98. The molecular formula is C17H27N3O2S. The Morgan fingerprint density at radius 2 is 1.83 bits per heavy atom. The lowest BCUT2D eigenvalue weighted by molar-refractivity contribution is 0.312. The Kier molecular flexibility index (Phi) is 4.67. The number of benzene rings is 1. The number of aryl methyl sites for hydroxylation is 1. The van der Waals surface area contributed by atoms with Gasteiger partial charge < -0.3 is 9.80 Å². The summed E-state index contributed by atoms with van der Waals surface area (Å²) in [6, 6.07) is 4.46. The summed E-state index contributed by atoms with van der Waals surface area (Å²) < 4.78 is 25.9. The van der Waals surface area contributed by atoms with E-state index in [1.54, 1.807) is 0 Å². The number of nitrogens with zero attached hydrogens (tertiary/aromatic N) is 2. The highest BCUT2D eigenvalue weighted by molar-refractivity contribution is 7.88. The summed E-state index contributed by atoms with van der Waals surface area (Å²) in [5.41, 5.74) is 5.41. The van der Waals surface area contributed by atoms with Crippen molar-refractivity contribution in [1.82, 2.24) is 9.62 Å². The van der Waals surface area contributed by atoms with Crippen LogP contribution in [0.5, 0.6) is 0 Å². The third-order valence-electron chi connectivity index (χ3n) is 5.06. The highest BCUT2D eigenvalue weighted by Crippen LogP contribution is 2.33. The van der Waals surface area contributed by atoms with E-state index in [1.165, 1.54) is 28.6 Å². The zero-order chi connectivity index (χ0) is 16.6. The predicted molar refractivity (Wildman–Crippen MR) is 94.7 cm³/mol. The van der Waals surface area contributed by atoms with Crippen molar-refractivity contribution in [2.75, 3.05) is 44.4 Å². The van der Waals surface area contributed by atoms with E-state index in [4.69, 9.17) is 0 Å². The molecule has 1 heterocycles. The fourth-order valence-electron chi connectivity index (χ4n) is 3.79. The normalized spacial score (nSPS) is 22.9. The molecule has 1 aromatic carbocycles. The number of hydrogen-bond donors (Lipinski definition) is 1. The first-order chi connectivity index (χ1) is 10.8. The molecule has 0 bridgehead atoms. The van der Waals surface area contributed by atoms with Crippen LogP contribution in [-0.4, -0.2) is 58.8 Å². The van der Waals surface area contributed by atoms with Gasteiger partial charge in [-0.15, -0.1) is 0 Å². The van der Waals surface area contributed by atoms with Crippen LogP contribution in [-0.2, 0) is 22.9 Å². The molecule has 0 radical (unpaired) electrons. The van der Waals surface area contributed by atoms with Crippen LogP contribution in [0.15, 0.2) is 12.1 Å². The number of rotatable bonds is 3. The highest BCUT2D eigenvalue weighted by atomic mass is 32.2. The van der Waals surface area contributed by atoms with E-state index in [9.17, 15) is 8.42 Å². The summed E-state index contributed by atoms with van der Waals surface area (Å²) >= 11 is 0. The van der Waals surface area contributed by atoms with Crippen LogP contribution in [0.3, 0.4) is 0 Å². The molecule has 3 rings (SSSR count). The molecule has 0 aromatic heterocycles. The van der Waals surface area contributed by atoms with E-state index in [1.807, 2.05) is 0 Å². The Labute approximate surface area is 139 Å². The molecule has 128 valence electrons.